The summed E-state index contributed by atoms with van der Waals surface area (Å²) >= 11 is 0. The third-order valence-corrected chi connectivity index (χ3v) is 7.70. The molecule has 4 aliphatic rings. The Morgan fingerprint density at radius 1 is 0.811 bits per heavy atom. The molecule has 16 heteroatoms. The molecule has 0 spiro atoms. The van der Waals surface area contributed by atoms with E-state index in [2.05, 4.69) is 5.32 Å². The van der Waals surface area contributed by atoms with Crippen LogP contribution in [0.2, 0.25) is 0 Å². The number of halogens is 1. The fourth-order valence-corrected chi connectivity index (χ4v) is 5.42. The molecule has 37 heavy (non-hydrogen) atoms. The van der Waals surface area contributed by atoms with E-state index in [0.29, 0.717) is 0 Å². The van der Waals surface area contributed by atoms with Gasteiger partial charge in [0, 0.05) is 12.1 Å². The fourth-order valence-electron chi connectivity index (χ4n) is 5.42. The fraction of sp³-hybridized carbons (Fsp3) is 1.00. The highest BCUT2D eigenvalue weighted by Gasteiger charge is 2.54. The van der Waals surface area contributed by atoms with Crippen molar-refractivity contribution in [2.45, 2.75) is 117 Å². The molecule has 3 saturated heterocycles. The Bertz CT molecular complexity index is 761. The van der Waals surface area contributed by atoms with Gasteiger partial charge in [-0.2, -0.15) is 0 Å². The largest absolute Gasteiger partial charge is 0.394 e. The molecule has 3 heterocycles. The van der Waals surface area contributed by atoms with Crippen molar-refractivity contribution in [3.05, 3.63) is 0 Å². The Kier molecular flexibility index (Phi) is 9.37. The SMILES string of the molecule is CNC1C(O[C@H]2OC(CO)[C@@H](N)[C@H](O)C2O)O[C@H]2CC(N)[C@@H](O[C@@H]3C(N)C[C@@H](N)C(O)[C@H]3F)OC2C1O. The second kappa shape index (κ2) is 11.8. The molecule has 1 saturated carbocycles. The van der Waals surface area contributed by atoms with Gasteiger partial charge in [0.1, 0.15) is 42.7 Å². The van der Waals surface area contributed by atoms with E-state index in [4.69, 9.17) is 46.6 Å². The van der Waals surface area contributed by atoms with Crippen molar-refractivity contribution in [3.63, 3.8) is 0 Å². The molecule has 9 unspecified atom stereocenters. The summed E-state index contributed by atoms with van der Waals surface area (Å²) < 4.78 is 43.7. The molecule has 4 fully saturated rings. The zero-order valence-electron chi connectivity index (χ0n) is 20.4. The van der Waals surface area contributed by atoms with Crippen LogP contribution < -0.4 is 28.3 Å². The highest BCUT2D eigenvalue weighted by atomic mass is 19.1. The van der Waals surface area contributed by atoms with Crippen molar-refractivity contribution in [2.24, 2.45) is 22.9 Å². The number of hydrogen-bond donors (Lipinski definition) is 10. The lowest BCUT2D eigenvalue weighted by atomic mass is 9.85. The van der Waals surface area contributed by atoms with Crippen LogP contribution in [0.3, 0.4) is 0 Å². The minimum Gasteiger partial charge on any atom is -0.394 e. The lowest BCUT2D eigenvalue weighted by Crippen LogP contribution is -2.70. The molecule has 0 aromatic carbocycles. The molecule has 17 atom stereocenters. The normalized spacial score (nSPS) is 55.1. The Labute approximate surface area is 213 Å². The molecule has 0 amide bonds. The maximum absolute atomic E-state index is 14.8. The molecule has 1 aliphatic carbocycles. The van der Waals surface area contributed by atoms with Gasteiger partial charge < -0.3 is 77.5 Å². The standard InChI is InChI=1S/C21H40FN5O10/c1-27-12-15(31)18-8(33-20(12)37-21-16(32)14(30)11(26)9(4-28)34-21)3-7(25)19(36-18)35-17-6(24)2-5(23)13(29)10(17)22/h5-21,27-32H,2-4,23-26H2,1H3/t5-,6?,7?,8+,9?,10-,11-,12?,13?,14+,15?,16?,17-,18?,19+,20?,21-/m1/s1. The maximum atomic E-state index is 14.8. The van der Waals surface area contributed by atoms with Gasteiger partial charge in [0.25, 0.3) is 0 Å². The molecule has 216 valence electrons. The van der Waals surface area contributed by atoms with Crippen LogP contribution in [-0.4, -0.2) is 143 Å². The van der Waals surface area contributed by atoms with Crippen molar-refractivity contribution in [1.29, 1.82) is 0 Å². The van der Waals surface area contributed by atoms with Gasteiger partial charge in [0.05, 0.1) is 30.8 Å². The second-order valence-corrected chi connectivity index (χ2v) is 10.2. The van der Waals surface area contributed by atoms with Crippen LogP contribution >= 0.6 is 0 Å². The molecule has 3 aliphatic heterocycles. The zero-order valence-corrected chi connectivity index (χ0v) is 20.4. The lowest BCUT2D eigenvalue weighted by Gasteiger charge is -2.51. The van der Waals surface area contributed by atoms with Crippen LogP contribution in [0.5, 0.6) is 0 Å². The number of hydrogen-bond acceptors (Lipinski definition) is 15. The summed E-state index contributed by atoms with van der Waals surface area (Å²) in [7, 11) is 1.54. The quantitative estimate of drug-likeness (QED) is 0.150. The van der Waals surface area contributed by atoms with Crippen LogP contribution in [0.1, 0.15) is 12.8 Å². The molecule has 0 aromatic heterocycles. The average molecular weight is 542 g/mol. The van der Waals surface area contributed by atoms with Crippen molar-refractivity contribution in [3.8, 4) is 0 Å². The first-order chi connectivity index (χ1) is 17.5. The number of alkyl halides is 1. The van der Waals surface area contributed by atoms with E-state index >= 15 is 0 Å². The van der Waals surface area contributed by atoms with Gasteiger partial charge in [-0.1, -0.05) is 0 Å². The maximum Gasteiger partial charge on any atom is 0.189 e. The number of aliphatic hydroxyl groups is 5. The van der Waals surface area contributed by atoms with Crippen molar-refractivity contribution in [1.82, 2.24) is 5.32 Å². The number of fused-ring (bicyclic) bond motifs is 1. The molecule has 14 N–H and O–H groups in total. The summed E-state index contributed by atoms with van der Waals surface area (Å²) in [6.07, 6.45) is -15.0. The molecule has 15 nitrogen and oxygen atoms in total. The highest BCUT2D eigenvalue weighted by Crippen LogP contribution is 2.35. The summed E-state index contributed by atoms with van der Waals surface area (Å²) in [6.45, 7) is -0.517. The monoisotopic (exact) mass is 541 g/mol. The van der Waals surface area contributed by atoms with E-state index in [9.17, 15) is 29.9 Å². The van der Waals surface area contributed by atoms with Crippen LogP contribution in [0.25, 0.3) is 0 Å². The minimum atomic E-state index is -1.85. The van der Waals surface area contributed by atoms with Gasteiger partial charge in [0.2, 0.25) is 0 Å². The highest BCUT2D eigenvalue weighted by molar-refractivity contribution is 5.02. The van der Waals surface area contributed by atoms with E-state index in [0.717, 1.165) is 0 Å². The van der Waals surface area contributed by atoms with Gasteiger partial charge in [0.15, 0.2) is 25.0 Å². The van der Waals surface area contributed by atoms with Gasteiger partial charge in [-0.05, 0) is 19.9 Å². The molecular formula is C21H40FN5O10. The first kappa shape index (κ1) is 29.3. The smallest absolute Gasteiger partial charge is 0.189 e. The second-order valence-electron chi connectivity index (χ2n) is 10.2. The van der Waals surface area contributed by atoms with Crippen molar-refractivity contribution < 1.29 is 53.6 Å². The van der Waals surface area contributed by atoms with Crippen LogP contribution in [-0.2, 0) is 23.7 Å². The summed E-state index contributed by atoms with van der Waals surface area (Å²) in [5.41, 5.74) is 23.8. The first-order valence-electron chi connectivity index (χ1n) is 12.4. The molecule has 0 aromatic rings. The topological polar surface area (TPSA) is 263 Å². The van der Waals surface area contributed by atoms with E-state index in [1.54, 1.807) is 0 Å². The molecular weight excluding hydrogens is 501 g/mol. The number of nitrogens with one attached hydrogen (secondary N) is 1. The van der Waals surface area contributed by atoms with Crippen LogP contribution in [0.4, 0.5) is 4.39 Å². The Balaban J connectivity index is 1.43. The summed E-state index contributed by atoms with van der Waals surface area (Å²) in [6, 6.07) is -4.39. The predicted molar refractivity (Wildman–Crippen MR) is 122 cm³/mol. The third kappa shape index (κ3) is 5.65. The number of ether oxygens (including phenoxy) is 5. The number of likely N-dealkylation sites (N-methyl/N-ethyl adjacent to an activating group) is 1. The van der Waals surface area contributed by atoms with Crippen molar-refractivity contribution >= 4 is 0 Å². The van der Waals surface area contributed by atoms with E-state index in [-0.39, 0.29) is 12.8 Å². The van der Waals surface area contributed by atoms with Gasteiger partial charge in [-0.15, -0.1) is 0 Å². The third-order valence-electron chi connectivity index (χ3n) is 7.70. The molecule has 0 radical (unpaired) electrons. The summed E-state index contributed by atoms with van der Waals surface area (Å²) in [5, 5.41) is 54.1. The van der Waals surface area contributed by atoms with E-state index in [1.165, 1.54) is 7.05 Å². The number of aliphatic hydroxyl groups excluding tert-OH is 5. The Morgan fingerprint density at radius 2 is 1.51 bits per heavy atom. The molecule has 0 bridgehead atoms. The lowest BCUT2D eigenvalue weighted by molar-refractivity contribution is -0.372. The Morgan fingerprint density at radius 3 is 2.16 bits per heavy atom. The number of rotatable bonds is 6. The average Bonchev–Trinajstić information content (AvgIpc) is 2.86. The van der Waals surface area contributed by atoms with Gasteiger partial charge in [-0.3, -0.25) is 0 Å². The Hall–Kier alpha value is -0.670. The summed E-state index contributed by atoms with van der Waals surface area (Å²) in [5.74, 6) is 0. The van der Waals surface area contributed by atoms with Crippen LogP contribution in [0.15, 0.2) is 0 Å². The van der Waals surface area contributed by atoms with Gasteiger partial charge in [-0.25, -0.2) is 4.39 Å². The summed E-state index contributed by atoms with van der Waals surface area (Å²) in [4.78, 5) is 0. The molecule has 4 rings (SSSR count). The van der Waals surface area contributed by atoms with E-state index < -0.39 is 111 Å². The van der Waals surface area contributed by atoms with E-state index in [1.807, 2.05) is 0 Å². The first-order valence-corrected chi connectivity index (χ1v) is 12.4. The van der Waals surface area contributed by atoms with Crippen molar-refractivity contribution in [2.75, 3.05) is 13.7 Å². The predicted octanol–water partition coefficient (Wildman–Crippen LogP) is -5.97. The van der Waals surface area contributed by atoms with Crippen LogP contribution in [0, 0.1) is 0 Å². The number of nitrogens with two attached hydrogens (primary N) is 4. The minimum absolute atomic E-state index is 0.116. The van der Waals surface area contributed by atoms with Gasteiger partial charge >= 0.3 is 0 Å². The zero-order chi connectivity index (χ0) is 27.2.